The fourth-order valence-corrected chi connectivity index (χ4v) is 5.74. The number of tetrazole rings is 1. The van der Waals surface area contributed by atoms with Crippen molar-refractivity contribution in [3.8, 4) is 5.69 Å². The SMILES string of the molecule is Cc1cccc(C)c1-n1nnnc1[C@H](C1C=C2OCOC2=CC1)N1CCN(C/C=C/c2ccccc2)CC1. The van der Waals surface area contributed by atoms with Crippen molar-refractivity contribution < 1.29 is 9.47 Å². The number of nitrogens with zero attached hydrogens (tertiary/aromatic N) is 6. The molecule has 8 nitrogen and oxygen atoms in total. The van der Waals surface area contributed by atoms with Crippen molar-refractivity contribution in [2.24, 2.45) is 5.92 Å². The van der Waals surface area contributed by atoms with Crippen LogP contribution in [0, 0.1) is 19.8 Å². The van der Waals surface area contributed by atoms with Crippen molar-refractivity contribution in [3.05, 3.63) is 101 Å². The Labute approximate surface area is 223 Å². The average molecular weight is 511 g/mol. The molecule has 0 amide bonds. The molecule has 2 saturated heterocycles. The molecule has 0 bridgehead atoms. The van der Waals surface area contributed by atoms with E-state index in [9.17, 15) is 0 Å². The van der Waals surface area contributed by atoms with Gasteiger partial charge in [-0.25, -0.2) is 0 Å². The van der Waals surface area contributed by atoms with Gasteiger partial charge < -0.3 is 9.47 Å². The van der Waals surface area contributed by atoms with Gasteiger partial charge in [0.05, 0.1) is 11.7 Å². The van der Waals surface area contributed by atoms with E-state index in [1.807, 2.05) is 4.68 Å². The quantitative estimate of drug-likeness (QED) is 0.465. The van der Waals surface area contributed by atoms with E-state index in [-0.39, 0.29) is 18.8 Å². The topological polar surface area (TPSA) is 68.5 Å². The molecule has 3 aliphatic rings. The van der Waals surface area contributed by atoms with Gasteiger partial charge in [-0.1, -0.05) is 60.7 Å². The summed E-state index contributed by atoms with van der Waals surface area (Å²) in [6.07, 6.45) is 9.69. The maximum absolute atomic E-state index is 5.77. The van der Waals surface area contributed by atoms with Gasteiger partial charge in [0.15, 0.2) is 17.3 Å². The van der Waals surface area contributed by atoms with E-state index in [1.54, 1.807) is 0 Å². The number of aromatic nitrogens is 4. The number of fused-ring (bicyclic) bond motifs is 1. The van der Waals surface area contributed by atoms with E-state index in [1.165, 1.54) is 5.56 Å². The number of hydrogen-bond acceptors (Lipinski definition) is 7. The lowest BCUT2D eigenvalue weighted by Crippen LogP contribution is -2.49. The molecular weight excluding hydrogens is 476 g/mol. The van der Waals surface area contributed by atoms with Gasteiger partial charge in [0.1, 0.15) is 0 Å². The van der Waals surface area contributed by atoms with E-state index in [2.05, 4.69) is 112 Å². The molecule has 196 valence electrons. The van der Waals surface area contributed by atoms with Gasteiger partial charge in [-0.15, -0.1) is 5.10 Å². The van der Waals surface area contributed by atoms with Gasteiger partial charge in [0.25, 0.3) is 0 Å². The second-order valence-electron chi connectivity index (χ2n) is 10.2. The summed E-state index contributed by atoms with van der Waals surface area (Å²) >= 11 is 0. The van der Waals surface area contributed by atoms with Crippen LogP contribution in [0.3, 0.4) is 0 Å². The molecule has 0 N–H and O–H groups in total. The zero-order valence-corrected chi connectivity index (χ0v) is 22.0. The number of rotatable bonds is 7. The van der Waals surface area contributed by atoms with Crippen LogP contribution in [0.1, 0.15) is 35.0 Å². The number of ether oxygens (including phenoxy) is 2. The Morgan fingerprint density at radius 2 is 1.71 bits per heavy atom. The predicted octanol–water partition coefficient (Wildman–Crippen LogP) is 4.44. The lowest BCUT2D eigenvalue weighted by molar-refractivity contribution is 0.0771. The molecule has 1 unspecified atom stereocenters. The summed E-state index contributed by atoms with van der Waals surface area (Å²) in [5.74, 6) is 2.73. The molecule has 1 aliphatic carbocycles. The first-order valence-electron chi connectivity index (χ1n) is 13.4. The van der Waals surface area contributed by atoms with Crippen molar-refractivity contribution in [2.75, 3.05) is 39.5 Å². The summed E-state index contributed by atoms with van der Waals surface area (Å²) in [6, 6.07) is 16.8. The Kier molecular flexibility index (Phi) is 7.07. The molecule has 2 aromatic carbocycles. The minimum Gasteiger partial charge on any atom is -0.454 e. The molecule has 0 radical (unpaired) electrons. The van der Waals surface area contributed by atoms with Crippen LogP contribution in [0.4, 0.5) is 0 Å². The Balaban J connectivity index is 1.25. The lowest BCUT2D eigenvalue weighted by atomic mass is 9.89. The fourth-order valence-electron chi connectivity index (χ4n) is 5.74. The molecule has 38 heavy (non-hydrogen) atoms. The largest absolute Gasteiger partial charge is 0.454 e. The van der Waals surface area contributed by atoms with Crippen LogP contribution >= 0.6 is 0 Å². The third-order valence-corrected chi connectivity index (χ3v) is 7.70. The molecule has 3 aromatic rings. The third-order valence-electron chi connectivity index (χ3n) is 7.70. The van der Waals surface area contributed by atoms with Gasteiger partial charge in [-0.3, -0.25) is 9.80 Å². The molecule has 6 rings (SSSR count). The summed E-state index contributed by atoms with van der Waals surface area (Å²) in [4.78, 5) is 5.05. The maximum Gasteiger partial charge on any atom is 0.231 e. The van der Waals surface area contributed by atoms with E-state index in [0.717, 1.165) is 73.3 Å². The molecule has 2 aliphatic heterocycles. The van der Waals surface area contributed by atoms with Crippen LogP contribution in [-0.2, 0) is 9.47 Å². The number of piperazine rings is 1. The van der Waals surface area contributed by atoms with Crippen LogP contribution in [0.15, 0.2) is 78.3 Å². The molecule has 8 heteroatoms. The first-order valence-corrected chi connectivity index (χ1v) is 13.4. The van der Waals surface area contributed by atoms with Crippen LogP contribution in [0.2, 0.25) is 0 Å². The fraction of sp³-hybridized carbons (Fsp3) is 0.367. The normalized spacial score (nSPS) is 20.9. The Hall–Kier alpha value is -3.75. The molecule has 0 saturated carbocycles. The van der Waals surface area contributed by atoms with Crippen molar-refractivity contribution in [3.63, 3.8) is 0 Å². The summed E-state index contributed by atoms with van der Waals surface area (Å²) in [5, 5.41) is 13.3. The highest BCUT2D eigenvalue weighted by molar-refractivity contribution is 5.49. The zero-order chi connectivity index (χ0) is 25.9. The second kappa shape index (κ2) is 10.9. The molecule has 0 spiro atoms. The Morgan fingerprint density at radius 3 is 2.50 bits per heavy atom. The highest BCUT2D eigenvalue weighted by Gasteiger charge is 2.37. The summed E-state index contributed by atoms with van der Waals surface area (Å²) in [6.45, 7) is 9.32. The van der Waals surface area contributed by atoms with Crippen LogP contribution < -0.4 is 0 Å². The highest BCUT2D eigenvalue weighted by atomic mass is 16.7. The summed E-state index contributed by atoms with van der Waals surface area (Å²) in [5.41, 5.74) is 4.61. The number of allylic oxidation sites excluding steroid dienone is 1. The van der Waals surface area contributed by atoms with Crippen LogP contribution in [0.25, 0.3) is 11.8 Å². The zero-order valence-electron chi connectivity index (χ0n) is 22.0. The minimum atomic E-state index is 0.0144. The maximum atomic E-state index is 5.77. The number of aryl methyl sites for hydroxylation is 2. The van der Waals surface area contributed by atoms with Crippen molar-refractivity contribution in [2.45, 2.75) is 26.3 Å². The van der Waals surface area contributed by atoms with Gasteiger partial charge in [0.2, 0.25) is 6.79 Å². The molecule has 2 fully saturated rings. The van der Waals surface area contributed by atoms with Crippen LogP contribution in [0.5, 0.6) is 0 Å². The predicted molar refractivity (Wildman–Crippen MR) is 146 cm³/mol. The van der Waals surface area contributed by atoms with Gasteiger partial charge >= 0.3 is 0 Å². The monoisotopic (exact) mass is 510 g/mol. The molecule has 1 aromatic heterocycles. The van der Waals surface area contributed by atoms with Crippen molar-refractivity contribution in [1.82, 2.24) is 30.0 Å². The smallest absolute Gasteiger partial charge is 0.231 e. The van der Waals surface area contributed by atoms with E-state index in [0.29, 0.717) is 0 Å². The van der Waals surface area contributed by atoms with Crippen molar-refractivity contribution in [1.29, 1.82) is 0 Å². The first-order chi connectivity index (χ1) is 18.7. The van der Waals surface area contributed by atoms with Gasteiger partial charge in [-0.05, 0) is 59.5 Å². The van der Waals surface area contributed by atoms with E-state index >= 15 is 0 Å². The van der Waals surface area contributed by atoms with Crippen molar-refractivity contribution >= 4 is 6.08 Å². The third kappa shape index (κ3) is 5.01. The van der Waals surface area contributed by atoms with Gasteiger partial charge in [-0.2, -0.15) is 4.68 Å². The number of benzene rings is 2. The Morgan fingerprint density at radius 1 is 0.947 bits per heavy atom. The second-order valence-corrected chi connectivity index (χ2v) is 10.2. The molecular formula is C30H34N6O2. The average Bonchev–Trinajstić information content (AvgIpc) is 3.60. The Bertz CT molecular complexity index is 1330. The number of para-hydroxylation sites is 1. The standard InChI is InChI=1S/C30H34N6O2/c1-22-8-6-9-23(2)28(22)36-30(31-32-33-36)29(25-13-14-26-27(20-25)38-21-37-26)35-18-16-34(17-19-35)15-7-12-24-10-4-3-5-11-24/h3-12,14,20,25,29H,13,15-19,21H2,1-2H3/b12-7+/t25?,29-/m0/s1. The summed E-state index contributed by atoms with van der Waals surface area (Å²) < 4.78 is 13.4. The summed E-state index contributed by atoms with van der Waals surface area (Å²) in [7, 11) is 0. The van der Waals surface area contributed by atoms with Gasteiger partial charge in [0, 0.05) is 38.6 Å². The van der Waals surface area contributed by atoms with E-state index < -0.39 is 0 Å². The first kappa shape index (κ1) is 24.6. The lowest BCUT2D eigenvalue weighted by Gasteiger charge is -2.41. The molecule has 3 heterocycles. The number of hydrogen-bond donors (Lipinski definition) is 0. The van der Waals surface area contributed by atoms with E-state index in [4.69, 9.17) is 9.47 Å². The molecule has 2 atom stereocenters. The highest BCUT2D eigenvalue weighted by Crippen LogP contribution is 2.39. The van der Waals surface area contributed by atoms with Crippen LogP contribution in [-0.4, -0.2) is 69.5 Å². The minimum absolute atomic E-state index is 0.0144.